The molecule has 0 aliphatic heterocycles. The molecule has 2 aromatic heterocycles. The van der Waals surface area contributed by atoms with Crippen molar-refractivity contribution < 1.29 is 8.42 Å². The smallest absolute Gasteiger partial charge is 0.260 e. The van der Waals surface area contributed by atoms with E-state index in [0.717, 1.165) is 19.3 Å². The highest BCUT2D eigenvalue weighted by Crippen LogP contribution is 2.36. The van der Waals surface area contributed by atoms with Gasteiger partial charge in [-0.05, 0) is 38.3 Å². The fraction of sp³-hybridized carbons (Fsp3) is 0.500. The first-order valence-electron chi connectivity index (χ1n) is 7.20. The molecule has 3 rings (SSSR count). The largest absolute Gasteiger partial charge is 0.368 e. The van der Waals surface area contributed by atoms with Crippen LogP contribution in [0.5, 0.6) is 0 Å². The molecule has 114 valence electrons. The van der Waals surface area contributed by atoms with Crippen molar-refractivity contribution in [3.8, 4) is 0 Å². The van der Waals surface area contributed by atoms with Gasteiger partial charge in [0.25, 0.3) is 10.0 Å². The average Bonchev–Trinajstić information content (AvgIpc) is 3.02. The third-order valence-corrected chi connectivity index (χ3v) is 5.32. The molecule has 0 unspecified atom stereocenters. The fourth-order valence-electron chi connectivity index (χ4n) is 2.25. The Kier molecular flexibility index (Phi) is 3.41. The van der Waals surface area contributed by atoms with Crippen LogP contribution in [-0.4, -0.2) is 29.9 Å². The first-order valence-corrected chi connectivity index (χ1v) is 8.68. The lowest BCUT2D eigenvalue weighted by molar-refractivity contribution is 0.554. The first-order chi connectivity index (χ1) is 9.95. The van der Waals surface area contributed by atoms with E-state index in [0.29, 0.717) is 18.0 Å². The van der Waals surface area contributed by atoms with Gasteiger partial charge in [-0.1, -0.05) is 13.0 Å². The molecule has 0 radical (unpaired) electrons. The van der Waals surface area contributed by atoms with Crippen molar-refractivity contribution >= 4 is 21.5 Å². The fourth-order valence-corrected chi connectivity index (χ4v) is 3.99. The minimum Gasteiger partial charge on any atom is -0.368 e. The maximum atomic E-state index is 12.7. The van der Waals surface area contributed by atoms with Crippen molar-refractivity contribution in [1.29, 1.82) is 0 Å². The van der Waals surface area contributed by atoms with Gasteiger partial charge in [-0.25, -0.2) is 18.1 Å². The molecule has 0 saturated heterocycles. The molecule has 1 aliphatic carbocycles. The summed E-state index contributed by atoms with van der Waals surface area (Å²) in [6.45, 7) is 4.64. The Labute approximate surface area is 124 Å². The Morgan fingerprint density at radius 3 is 2.81 bits per heavy atom. The van der Waals surface area contributed by atoms with E-state index in [4.69, 9.17) is 0 Å². The van der Waals surface area contributed by atoms with E-state index in [-0.39, 0.29) is 10.6 Å². The monoisotopic (exact) mass is 308 g/mol. The average molecular weight is 308 g/mol. The summed E-state index contributed by atoms with van der Waals surface area (Å²) in [5.74, 6) is 0.416. The third-order valence-electron chi connectivity index (χ3n) is 3.66. The molecule has 21 heavy (non-hydrogen) atoms. The van der Waals surface area contributed by atoms with Crippen molar-refractivity contribution in [1.82, 2.24) is 14.1 Å². The molecule has 7 heteroatoms. The van der Waals surface area contributed by atoms with Crippen LogP contribution in [0, 0.1) is 0 Å². The van der Waals surface area contributed by atoms with Crippen molar-refractivity contribution in [2.45, 2.75) is 43.7 Å². The number of nitrogens with zero attached hydrogens (tertiary/aromatic N) is 2. The zero-order chi connectivity index (χ0) is 15.1. The molecule has 2 N–H and O–H groups in total. The summed E-state index contributed by atoms with van der Waals surface area (Å²) in [6.07, 6.45) is 4.38. The molecule has 0 spiro atoms. The lowest BCUT2D eigenvalue weighted by Gasteiger charge is -2.13. The van der Waals surface area contributed by atoms with E-state index in [1.165, 1.54) is 0 Å². The summed E-state index contributed by atoms with van der Waals surface area (Å²) in [4.78, 5) is 4.40. The molecular formula is C14H20N4O2S. The van der Waals surface area contributed by atoms with Crippen LogP contribution in [0.4, 0.5) is 5.82 Å². The van der Waals surface area contributed by atoms with Gasteiger partial charge in [0.1, 0.15) is 5.65 Å². The van der Waals surface area contributed by atoms with Gasteiger partial charge >= 0.3 is 0 Å². The summed E-state index contributed by atoms with van der Waals surface area (Å²) >= 11 is 0. The molecule has 2 aromatic rings. The molecule has 1 saturated carbocycles. The van der Waals surface area contributed by atoms with Crippen LogP contribution in [0.15, 0.2) is 29.4 Å². The Hall–Kier alpha value is -1.60. The number of anilines is 1. The van der Waals surface area contributed by atoms with E-state index in [1.54, 1.807) is 22.7 Å². The Morgan fingerprint density at radius 1 is 1.38 bits per heavy atom. The Balaban J connectivity index is 2.09. The zero-order valence-electron chi connectivity index (χ0n) is 12.3. The van der Waals surface area contributed by atoms with Crippen LogP contribution in [0.3, 0.4) is 0 Å². The number of rotatable bonds is 6. The molecule has 0 bridgehead atoms. The van der Waals surface area contributed by atoms with E-state index in [9.17, 15) is 8.42 Å². The standard InChI is InChI=1S/C14H20N4O2S/c1-3-9-15-12-13(18-10-5-4-6-11(18)16-12)21(19,20)17-14(2)7-8-14/h4-6,10,15,17H,3,7-9H2,1-2H3. The second-order valence-corrected chi connectivity index (χ2v) is 7.39. The molecule has 0 aromatic carbocycles. The second kappa shape index (κ2) is 4.99. The topological polar surface area (TPSA) is 75.5 Å². The number of hydrogen-bond acceptors (Lipinski definition) is 4. The maximum absolute atomic E-state index is 12.7. The number of nitrogens with one attached hydrogen (secondary N) is 2. The molecule has 6 nitrogen and oxygen atoms in total. The molecule has 1 fully saturated rings. The highest BCUT2D eigenvalue weighted by molar-refractivity contribution is 7.89. The summed E-state index contributed by atoms with van der Waals surface area (Å²) in [7, 11) is -3.61. The lowest BCUT2D eigenvalue weighted by Crippen LogP contribution is -2.35. The van der Waals surface area contributed by atoms with Crippen LogP contribution in [0.25, 0.3) is 5.65 Å². The van der Waals surface area contributed by atoms with Gasteiger partial charge in [0, 0.05) is 18.3 Å². The predicted octanol–water partition coefficient (Wildman–Crippen LogP) is 1.99. The molecule has 0 atom stereocenters. The van der Waals surface area contributed by atoms with Crippen molar-refractivity contribution in [3.63, 3.8) is 0 Å². The SMILES string of the molecule is CCCNc1nc2ccccn2c1S(=O)(=O)NC1(C)CC1. The van der Waals surface area contributed by atoms with Crippen molar-refractivity contribution in [3.05, 3.63) is 24.4 Å². The number of fused-ring (bicyclic) bond motifs is 1. The lowest BCUT2D eigenvalue weighted by atomic mass is 10.4. The number of pyridine rings is 1. The van der Waals surface area contributed by atoms with Gasteiger partial charge in [-0.15, -0.1) is 0 Å². The molecule has 1 aliphatic rings. The summed E-state index contributed by atoms with van der Waals surface area (Å²) in [5, 5.41) is 3.31. The van der Waals surface area contributed by atoms with E-state index in [1.807, 2.05) is 19.9 Å². The molecule has 2 heterocycles. The van der Waals surface area contributed by atoms with E-state index >= 15 is 0 Å². The van der Waals surface area contributed by atoms with Gasteiger partial charge in [0.15, 0.2) is 10.8 Å². The van der Waals surface area contributed by atoms with Crippen molar-refractivity contribution in [2.75, 3.05) is 11.9 Å². The van der Waals surface area contributed by atoms with E-state index < -0.39 is 10.0 Å². The highest BCUT2D eigenvalue weighted by Gasteiger charge is 2.42. The quantitative estimate of drug-likeness (QED) is 0.855. The normalized spacial score (nSPS) is 17.0. The van der Waals surface area contributed by atoms with Crippen LogP contribution in [-0.2, 0) is 10.0 Å². The van der Waals surface area contributed by atoms with Crippen LogP contribution < -0.4 is 10.0 Å². The van der Waals surface area contributed by atoms with Crippen LogP contribution in [0.1, 0.15) is 33.1 Å². The first kappa shape index (κ1) is 14.3. The van der Waals surface area contributed by atoms with Gasteiger partial charge in [0.05, 0.1) is 0 Å². The van der Waals surface area contributed by atoms with Crippen molar-refractivity contribution in [2.24, 2.45) is 0 Å². The second-order valence-electron chi connectivity index (χ2n) is 5.79. The summed E-state index contributed by atoms with van der Waals surface area (Å²) in [5.41, 5.74) is 0.317. The van der Waals surface area contributed by atoms with Gasteiger partial charge in [0.2, 0.25) is 0 Å². The van der Waals surface area contributed by atoms with Crippen LogP contribution in [0.2, 0.25) is 0 Å². The number of hydrogen-bond donors (Lipinski definition) is 2. The Morgan fingerprint density at radius 2 is 2.14 bits per heavy atom. The number of sulfonamides is 1. The number of imidazole rings is 1. The zero-order valence-corrected chi connectivity index (χ0v) is 13.1. The van der Waals surface area contributed by atoms with Gasteiger partial charge in [-0.2, -0.15) is 0 Å². The summed E-state index contributed by atoms with van der Waals surface area (Å²) < 4.78 is 29.9. The minimum absolute atomic E-state index is 0.194. The predicted molar refractivity (Wildman–Crippen MR) is 81.9 cm³/mol. The highest BCUT2D eigenvalue weighted by atomic mass is 32.2. The summed E-state index contributed by atoms with van der Waals surface area (Å²) in [6, 6.07) is 5.45. The van der Waals surface area contributed by atoms with Gasteiger partial charge in [-0.3, -0.25) is 4.40 Å². The number of aromatic nitrogens is 2. The Bertz CT molecular complexity index is 762. The van der Waals surface area contributed by atoms with Crippen LogP contribution >= 0.6 is 0 Å². The maximum Gasteiger partial charge on any atom is 0.260 e. The van der Waals surface area contributed by atoms with E-state index in [2.05, 4.69) is 15.0 Å². The molecular weight excluding hydrogens is 288 g/mol. The minimum atomic E-state index is -3.61. The van der Waals surface area contributed by atoms with Gasteiger partial charge < -0.3 is 5.32 Å². The molecule has 0 amide bonds. The third kappa shape index (κ3) is 2.75.